The van der Waals surface area contributed by atoms with Crippen LogP contribution in [-0.4, -0.2) is 23.3 Å². The molecule has 1 aromatic heterocycles. The Bertz CT molecular complexity index is 602. The van der Waals surface area contributed by atoms with Gasteiger partial charge in [0.15, 0.2) is 0 Å². The summed E-state index contributed by atoms with van der Waals surface area (Å²) < 4.78 is 18.6. The van der Waals surface area contributed by atoms with Crippen LogP contribution in [0, 0.1) is 11.7 Å². The van der Waals surface area contributed by atoms with Crippen molar-refractivity contribution in [3.05, 3.63) is 59.7 Å². The molecule has 2 rings (SSSR count). The summed E-state index contributed by atoms with van der Waals surface area (Å²) in [5.41, 5.74) is 1.82. The van der Waals surface area contributed by atoms with Gasteiger partial charge >= 0.3 is 0 Å². The number of nitrogens with one attached hydrogen (secondary N) is 1. The van der Waals surface area contributed by atoms with Gasteiger partial charge in [-0.05, 0) is 24.1 Å². The molecule has 1 atom stereocenters. The summed E-state index contributed by atoms with van der Waals surface area (Å²) in [7, 11) is 0. The number of ether oxygens (including phenoxy) is 1. The molecular weight excluding hydrogens is 295 g/mol. The third-order valence-corrected chi connectivity index (χ3v) is 3.57. The standard InChI is InChI=1S/C18H23FN2O2/c1-13(2)18(16-8-7-15(19)12-20-16)21-11-14-5-3-4-6-17(14)23-10-9-22/h3-8,12-13,18,21-22H,9-11H2,1-2H3. The number of nitrogens with zero attached hydrogens (tertiary/aromatic N) is 1. The van der Waals surface area contributed by atoms with Crippen LogP contribution in [0.4, 0.5) is 4.39 Å². The second-order valence-electron chi connectivity index (χ2n) is 5.68. The molecule has 0 aliphatic carbocycles. The van der Waals surface area contributed by atoms with Crippen LogP contribution in [0.2, 0.25) is 0 Å². The van der Waals surface area contributed by atoms with Gasteiger partial charge in [0.1, 0.15) is 18.2 Å². The molecule has 124 valence electrons. The number of benzene rings is 1. The molecule has 0 amide bonds. The molecule has 5 heteroatoms. The van der Waals surface area contributed by atoms with Crippen LogP contribution >= 0.6 is 0 Å². The zero-order valence-electron chi connectivity index (χ0n) is 13.5. The molecule has 0 spiro atoms. The maximum Gasteiger partial charge on any atom is 0.141 e. The van der Waals surface area contributed by atoms with Gasteiger partial charge in [0.2, 0.25) is 0 Å². The molecule has 1 unspecified atom stereocenters. The van der Waals surface area contributed by atoms with Crippen molar-refractivity contribution in [2.24, 2.45) is 5.92 Å². The second-order valence-corrected chi connectivity index (χ2v) is 5.68. The zero-order chi connectivity index (χ0) is 16.7. The molecule has 0 fully saturated rings. The Labute approximate surface area is 136 Å². The van der Waals surface area contributed by atoms with Crippen molar-refractivity contribution in [3.8, 4) is 5.75 Å². The average Bonchev–Trinajstić information content (AvgIpc) is 2.55. The molecular formula is C18H23FN2O2. The van der Waals surface area contributed by atoms with E-state index >= 15 is 0 Å². The Kier molecular flexibility index (Phi) is 6.50. The molecule has 0 radical (unpaired) electrons. The number of aliphatic hydroxyl groups excluding tert-OH is 1. The Hall–Kier alpha value is -1.98. The number of pyridine rings is 1. The van der Waals surface area contributed by atoms with Crippen molar-refractivity contribution in [3.63, 3.8) is 0 Å². The first-order chi connectivity index (χ1) is 11.1. The van der Waals surface area contributed by atoms with Gasteiger partial charge in [-0.3, -0.25) is 4.98 Å². The van der Waals surface area contributed by atoms with Gasteiger partial charge in [-0.2, -0.15) is 0 Å². The zero-order valence-corrected chi connectivity index (χ0v) is 13.5. The van der Waals surface area contributed by atoms with E-state index in [9.17, 15) is 4.39 Å². The molecule has 0 bridgehead atoms. The van der Waals surface area contributed by atoms with E-state index in [4.69, 9.17) is 9.84 Å². The minimum atomic E-state index is -0.334. The fourth-order valence-corrected chi connectivity index (χ4v) is 2.42. The van der Waals surface area contributed by atoms with Crippen molar-refractivity contribution in [1.29, 1.82) is 0 Å². The van der Waals surface area contributed by atoms with Crippen LogP contribution < -0.4 is 10.1 Å². The highest BCUT2D eigenvalue weighted by Gasteiger charge is 2.17. The molecule has 1 heterocycles. The lowest BCUT2D eigenvalue weighted by Crippen LogP contribution is -2.26. The molecule has 0 saturated carbocycles. The molecule has 4 nitrogen and oxygen atoms in total. The summed E-state index contributed by atoms with van der Waals surface area (Å²) in [6.07, 6.45) is 1.24. The van der Waals surface area contributed by atoms with E-state index in [0.717, 1.165) is 17.0 Å². The highest BCUT2D eigenvalue weighted by Crippen LogP contribution is 2.23. The Morgan fingerprint density at radius 1 is 1.22 bits per heavy atom. The average molecular weight is 318 g/mol. The van der Waals surface area contributed by atoms with Gasteiger partial charge < -0.3 is 15.2 Å². The van der Waals surface area contributed by atoms with Crippen LogP contribution in [0.25, 0.3) is 0 Å². The Morgan fingerprint density at radius 2 is 2.00 bits per heavy atom. The summed E-state index contributed by atoms with van der Waals surface area (Å²) in [5, 5.41) is 12.4. The minimum Gasteiger partial charge on any atom is -0.491 e. The molecule has 2 N–H and O–H groups in total. The van der Waals surface area contributed by atoms with Crippen LogP contribution in [0.15, 0.2) is 42.6 Å². The quantitative estimate of drug-likeness (QED) is 0.785. The van der Waals surface area contributed by atoms with E-state index in [1.165, 1.54) is 12.3 Å². The third-order valence-electron chi connectivity index (χ3n) is 3.57. The summed E-state index contributed by atoms with van der Waals surface area (Å²) >= 11 is 0. The van der Waals surface area contributed by atoms with Crippen LogP contribution in [0.5, 0.6) is 5.75 Å². The minimum absolute atomic E-state index is 0.0153. The summed E-state index contributed by atoms with van der Waals surface area (Å²) in [5.74, 6) is 0.723. The summed E-state index contributed by atoms with van der Waals surface area (Å²) in [4.78, 5) is 4.18. The van der Waals surface area contributed by atoms with E-state index in [2.05, 4.69) is 24.1 Å². The molecule has 23 heavy (non-hydrogen) atoms. The van der Waals surface area contributed by atoms with E-state index in [1.54, 1.807) is 6.07 Å². The lowest BCUT2D eigenvalue weighted by atomic mass is 10.00. The monoisotopic (exact) mass is 318 g/mol. The molecule has 1 aromatic carbocycles. The smallest absolute Gasteiger partial charge is 0.141 e. The first kappa shape index (κ1) is 17.4. The number of rotatable bonds is 8. The number of hydrogen-bond acceptors (Lipinski definition) is 4. The summed E-state index contributed by atoms with van der Waals surface area (Å²) in [6.45, 7) is 5.04. The number of aliphatic hydroxyl groups is 1. The van der Waals surface area contributed by atoms with Gasteiger partial charge in [0.25, 0.3) is 0 Å². The number of hydrogen-bond donors (Lipinski definition) is 2. The predicted octanol–water partition coefficient (Wildman–Crippen LogP) is 3.08. The van der Waals surface area contributed by atoms with Crippen LogP contribution in [-0.2, 0) is 6.54 Å². The lowest BCUT2D eigenvalue weighted by Gasteiger charge is -2.22. The largest absolute Gasteiger partial charge is 0.491 e. The number of para-hydroxylation sites is 1. The van der Waals surface area contributed by atoms with E-state index in [1.807, 2.05) is 24.3 Å². The van der Waals surface area contributed by atoms with Gasteiger partial charge in [-0.25, -0.2) is 4.39 Å². The van der Waals surface area contributed by atoms with Crippen LogP contribution in [0.3, 0.4) is 0 Å². The van der Waals surface area contributed by atoms with Crippen molar-refractivity contribution in [1.82, 2.24) is 10.3 Å². The van der Waals surface area contributed by atoms with E-state index in [-0.39, 0.29) is 25.1 Å². The molecule has 2 aromatic rings. The predicted molar refractivity (Wildman–Crippen MR) is 87.6 cm³/mol. The molecule has 0 aliphatic heterocycles. The van der Waals surface area contributed by atoms with Crippen molar-refractivity contribution in [2.45, 2.75) is 26.4 Å². The maximum atomic E-state index is 13.1. The lowest BCUT2D eigenvalue weighted by molar-refractivity contribution is 0.200. The first-order valence-corrected chi connectivity index (χ1v) is 7.78. The van der Waals surface area contributed by atoms with Crippen molar-refractivity contribution in [2.75, 3.05) is 13.2 Å². The normalized spacial score (nSPS) is 12.4. The number of aromatic nitrogens is 1. The Morgan fingerprint density at radius 3 is 2.65 bits per heavy atom. The molecule has 0 aliphatic rings. The highest BCUT2D eigenvalue weighted by atomic mass is 19.1. The van der Waals surface area contributed by atoms with Crippen molar-refractivity contribution < 1.29 is 14.2 Å². The fourth-order valence-electron chi connectivity index (χ4n) is 2.42. The fraction of sp³-hybridized carbons (Fsp3) is 0.389. The maximum absolute atomic E-state index is 13.1. The van der Waals surface area contributed by atoms with Crippen LogP contribution in [0.1, 0.15) is 31.1 Å². The second kappa shape index (κ2) is 8.60. The topological polar surface area (TPSA) is 54.4 Å². The van der Waals surface area contributed by atoms with E-state index < -0.39 is 0 Å². The van der Waals surface area contributed by atoms with Gasteiger partial charge in [0, 0.05) is 12.1 Å². The SMILES string of the molecule is CC(C)C(NCc1ccccc1OCCO)c1ccc(F)cn1. The molecule has 0 saturated heterocycles. The van der Waals surface area contributed by atoms with E-state index in [0.29, 0.717) is 12.5 Å². The van der Waals surface area contributed by atoms with Crippen molar-refractivity contribution >= 4 is 0 Å². The Balaban J connectivity index is 2.09. The van der Waals surface area contributed by atoms with Gasteiger partial charge in [-0.15, -0.1) is 0 Å². The number of halogens is 1. The van der Waals surface area contributed by atoms with Gasteiger partial charge in [0.05, 0.1) is 24.5 Å². The van der Waals surface area contributed by atoms with Gasteiger partial charge in [-0.1, -0.05) is 32.0 Å². The third kappa shape index (κ3) is 5.01. The first-order valence-electron chi connectivity index (χ1n) is 7.78. The highest BCUT2D eigenvalue weighted by molar-refractivity contribution is 5.33. The summed E-state index contributed by atoms with van der Waals surface area (Å²) in [6, 6.07) is 10.9.